The first-order valence-corrected chi connectivity index (χ1v) is 19.2. The summed E-state index contributed by atoms with van der Waals surface area (Å²) in [6, 6.07) is 2.07. The van der Waals surface area contributed by atoms with E-state index in [1.807, 2.05) is 0 Å². The molecule has 0 unspecified atom stereocenters. The molecule has 56 heavy (non-hydrogen) atoms. The molecule has 15 heteroatoms. The van der Waals surface area contributed by atoms with Crippen LogP contribution in [0.1, 0.15) is 83.4 Å². The van der Waals surface area contributed by atoms with Crippen LogP contribution in [0.3, 0.4) is 0 Å². The summed E-state index contributed by atoms with van der Waals surface area (Å²) in [5, 5.41) is -0.0979. The first kappa shape index (κ1) is 36.7. The van der Waals surface area contributed by atoms with Crippen LogP contribution in [0, 0.1) is 29.8 Å². The van der Waals surface area contributed by atoms with Gasteiger partial charge in [0, 0.05) is 29.2 Å². The third-order valence-electron chi connectivity index (χ3n) is 12.4. The van der Waals surface area contributed by atoms with E-state index in [1.165, 1.54) is 17.0 Å². The number of fused-ring (bicyclic) bond motifs is 7. The number of nitrogens with zero attached hydrogens (tertiary/aromatic N) is 6. The summed E-state index contributed by atoms with van der Waals surface area (Å²) in [6.07, 6.45) is 8.42. The highest BCUT2D eigenvalue weighted by Crippen LogP contribution is 2.55. The van der Waals surface area contributed by atoms with Crippen molar-refractivity contribution in [2.24, 2.45) is 0 Å². The molecule has 1 amide bonds. The number of aryl methyl sites for hydroxylation is 1. The number of amides is 1. The fourth-order valence-electron chi connectivity index (χ4n) is 10.00. The van der Waals surface area contributed by atoms with Gasteiger partial charge in [-0.15, -0.1) is 6.42 Å². The Labute approximate surface area is 320 Å². The summed E-state index contributed by atoms with van der Waals surface area (Å²) in [7, 11) is 0. The molecule has 0 aliphatic carbocycles. The van der Waals surface area contributed by atoms with Gasteiger partial charge in [0.1, 0.15) is 35.1 Å². The van der Waals surface area contributed by atoms with E-state index in [1.54, 1.807) is 20.8 Å². The van der Waals surface area contributed by atoms with Crippen LogP contribution in [0.2, 0.25) is 0 Å². The molecule has 9 rings (SSSR count). The van der Waals surface area contributed by atoms with Crippen molar-refractivity contribution in [1.82, 2.24) is 24.8 Å². The van der Waals surface area contributed by atoms with E-state index < -0.39 is 53.3 Å². The predicted molar refractivity (Wildman–Crippen MR) is 200 cm³/mol. The molecule has 0 saturated carbocycles. The van der Waals surface area contributed by atoms with Crippen molar-refractivity contribution < 1.29 is 36.2 Å². The maximum atomic E-state index is 17.7. The van der Waals surface area contributed by atoms with Crippen LogP contribution >= 0.6 is 0 Å². The fourth-order valence-corrected chi connectivity index (χ4v) is 10.00. The zero-order valence-corrected chi connectivity index (χ0v) is 31.5. The molecule has 10 nitrogen and oxygen atoms in total. The highest BCUT2D eigenvalue weighted by Gasteiger charge is 2.69. The lowest BCUT2D eigenvalue weighted by Gasteiger charge is -2.52. The van der Waals surface area contributed by atoms with Crippen LogP contribution in [0.15, 0.2) is 18.2 Å². The zero-order chi connectivity index (χ0) is 39.5. The molecule has 2 aromatic heterocycles. The number of aromatic nitrogens is 3. The summed E-state index contributed by atoms with van der Waals surface area (Å²) in [4.78, 5) is 32.1. The molecule has 294 valence electrons. The molecule has 4 saturated heterocycles. The number of hydrogen-bond donors (Lipinski definition) is 1. The minimum absolute atomic E-state index is 0.0171. The van der Waals surface area contributed by atoms with Crippen LogP contribution in [0.4, 0.5) is 38.3 Å². The standard InChI is InChI=1S/C41H42F5N7O3/c1-5-22-25(42)12-11-23-29(22)24(19-26(47)31(23)43)33-32(44)34-30-27(48-33)9-6-10-28-41(46)16-15-40(45,53(41)37(54)56-38(2,3)4)20-52(28)35(30)50-36(49-34)55-21-39-13-7-17-51(39)18-8-14-39/h1,11-12,19,28H,6-10,13-18,20-21,47H2,2-4H3/t28-,40-,41+/m1/s1. The second-order valence-electron chi connectivity index (χ2n) is 16.9. The Bertz CT molecular complexity index is 2370. The number of pyridine rings is 1. The number of nitrogen functional groups attached to an aromatic ring is 1. The van der Waals surface area contributed by atoms with Gasteiger partial charge >= 0.3 is 12.1 Å². The second kappa shape index (κ2) is 12.5. The number of anilines is 2. The number of alkyl halides is 2. The molecule has 4 aromatic rings. The first-order chi connectivity index (χ1) is 26.6. The van der Waals surface area contributed by atoms with Gasteiger partial charge in [-0.3, -0.25) is 4.90 Å². The van der Waals surface area contributed by atoms with Crippen molar-refractivity contribution in [3.63, 3.8) is 0 Å². The Hall–Kier alpha value is -4.97. The van der Waals surface area contributed by atoms with E-state index in [0.717, 1.165) is 44.8 Å². The number of hydrogen-bond acceptors (Lipinski definition) is 9. The number of nitrogens with two attached hydrogens (primary N) is 1. The van der Waals surface area contributed by atoms with Crippen molar-refractivity contribution in [3.05, 3.63) is 46.9 Å². The van der Waals surface area contributed by atoms with Crippen molar-refractivity contribution in [3.8, 4) is 29.6 Å². The van der Waals surface area contributed by atoms with Crippen LogP contribution in [0.25, 0.3) is 32.9 Å². The van der Waals surface area contributed by atoms with Crippen LogP contribution < -0.4 is 15.4 Å². The SMILES string of the molecule is C#Cc1c(F)ccc2c(F)c(N)cc(-c3nc4c5c(nc(OCC67CCCN6CCC7)nc5c3F)N3C[C@@]5(F)CC[C@@](F)([C@H]3CCC4)N5C(=O)OC(C)(C)C)c12. The lowest BCUT2D eigenvalue weighted by Crippen LogP contribution is -2.71. The van der Waals surface area contributed by atoms with Crippen molar-refractivity contribution in [1.29, 1.82) is 0 Å². The Morgan fingerprint density at radius 3 is 2.48 bits per heavy atom. The summed E-state index contributed by atoms with van der Waals surface area (Å²) in [5.74, 6) is -5.37. The van der Waals surface area contributed by atoms with E-state index in [4.69, 9.17) is 31.6 Å². The van der Waals surface area contributed by atoms with Gasteiger partial charge < -0.3 is 20.1 Å². The minimum atomic E-state index is -2.50. The highest BCUT2D eigenvalue weighted by atomic mass is 19.2. The first-order valence-electron chi connectivity index (χ1n) is 19.2. The van der Waals surface area contributed by atoms with Crippen LogP contribution in [-0.4, -0.2) is 85.9 Å². The average molecular weight is 776 g/mol. The van der Waals surface area contributed by atoms with Crippen molar-refractivity contribution in [2.45, 2.75) is 107 Å². The Morgan fingerprint density at radius 1 is 1.02 bits per heavy atom. The van der Waals surface area contributed by atoms with Crippen LogP contribution in [-0.2, 0) is 11.2 Å². The largest absolute Gasteiger partial charge is 0.461 e. The highest BCUT2D eigenvalue weighted by molar-refractivity contribution is 6.04. The fraction of sp³-hybridized carbons (Fsp3) is 0.512. The van der Waals surface area contributed by atoms with Gasteiger partial charge in [-0.05, 0) is 97.0 Å². The third kappa shape index (κ3) is 5.38. The quantitative estimate of drug-likeness (QED) is 0.0965. The number of carbonyl (C=O) groups is 1. The molecule has 5 aliphatic heterocycles. The molecule has 4 fully saturated rings. The lowest BCUT2D eigenvalue weighted by atomic mass is 9.90. The summed E-state index contributed by atoms with van der Waals surface area (Å²) < 4.78 is 94.8. The van der Waals surface area contributed by atoms with Crippen LogP contribution in [0.5, 0.6) is 6.01 Å². The van der Waals surface area contributed by atoms with Gasteiger partial charge in [0.25, 0.3) is 0 Å². The van der Waals surface area contributed by atoms with Gasteiger partial charge in [0.2, 0.25) is 11.6 Å². The van der Waals surface area contributed by atoms with Gasteiger partial charge in [0.05, 0.1) is 40.5 Å². The van der Waals surface area contributed by atoms with E-state index in [9.17, 15) is 4.79 Å². The number of rotatable bonds is 4. The molecular weight excluding hydrogens is 733 g/mol. The molecular formula is C41H42F5N7O3. The molecule has 0 radical (unpaired) electrons. The molecule has 5 aliphatic rings. The van der Waals surface area contributed by atoms with E-state index >= 15 is 22.0 Å². The maximum Gasteiger partial charge on any atom is 0.415 e. The number of piperazine rings is 1. The Kier molecular flexibility index (Phi) is 8.19. The number of benzene rings is 2. The molecule has 3 atom stereocenters. The molecule has 2 aromatic carbocycles. The average Bonchev–Trinajstić information content (AvgIpc) is 3.78. The number of carbonyl (C=O) groups excluding carboxylic acids is 1. The van der Waals surface area contributed by atoms with Gasteiger partial charge in [0.15, 0.2) is 11.6 Å². The van der Waals surface area contributed by atoms with E-state index in [2.05, 4.69) is 15.8 Å². The van der Waals surface area contributed by atoms with Crippen molar-refractivity contribution in [2.75, 3.05) is 36.9 Å². The molecule has 2 bridgehead atoms. The van der Waals surface area contributed by atoms with Gasteiger partial charge in [-0.1, -0.05) is 5.92 Å². The number of ether oxygens (including phenoxy) is 2. The maximum absolute atomic E-state index is 17.7. The molecule has 7 heterocycles. The molecule has 2 N–H and O–H groups in total. The Balaban J connectivity index is 1.26. The summed E-state index contributed by atoms with van der Waals surface area (Å²) >= 11 is 0. The zero-order valence-electron chi connectivity index (χ0n) is 31.5. The summed E-state index contributed by atoms with van der Waals surface area (Å²) in [6.45, 7) is 6.46. The smallest absolute Gasteiger partial charge is 0.415 e. The normalized spacial score (nSPS) is 25.5. The predicted octanol–water partition coefficient (Wildman–Crippen LogP) is 7.72. The molecule has 0 spiro atoms. The number of halogens is 5. The topological polar surface area (TPSA) is 110 Å². The van der Waals surface area contributed by atoms with E-state index in [-0.39, 0.29) is 100 Å². The Morgan fingerprint density at radius 2 is 1.77 bits per heavy atom. The van der Waals surface area contributed by atoms with Gasteiger partial charge in [-0.2, -0.15) is 9.97 Å². The lowest BCUT2D eigenvalue weighted by molar-refractivity contribution is -0.133. The monoisotopic (exact) mass is 775 g/mol. The number of terminal acetylenes is 1. The van der Waals surface area contributed by atoms with E-state index in [0.29, 0.717) is 10.6 Å². The summed E-state index contributed by atoms with van der Waals surface area (Å²) in [5.41, 5.74) is 3.89. The third-order valence-corrected chi connectivity index (χ3v) is 12.4. The minimum Gasteiger partial charge on any atom is -0.461 e. The van der Waals surface area contributed by atoms with Gasteiger partial charge in [-0.25, -0.2) is 36.6 Å². The van der Waals surface area contributed by atoms with Crippen molar-refractivity contribution >= 4 is 39.3 Å². The second-order valence-corrected chi connectivity index (χ2v) is 16.9.